The number of nitrogens with one attached hydrogen (secondary N) is 2. The molecular formula is C17H21FN4O2. The van der Waals surface area contributed by atoms with Gasteiger partial charge in [0.15, 0.2) is 0 Å². The van der Waals surface area contributed by atoms with E-state index in [9.17, 15) is 14.3 Å². The van der Waals surface area contributed by atoms with Gasteiger partial charge in [-0.05, 0) is 17.7 Å². The maximum atomic E-state index is 12.8. The van der Waals surface area contributed by atoms with Crippen LogP contribution in [-0.2, 0) is 5.41 Å². The predicted molar refractivity (Wildman–Crippen MR) is 89.1 cm³/mol. The largest absolute Gasteiger partial charge is 0.387 e. The Morgan fingerprint density at radius 1 is 1.21 bits per heavy atom. The summed E-state index contributed by atoms with van der Waals surface area (Å²) in [6, 6.07) is 4.97. The zero-order valence-electron chi connectivity index (χ0n) is 13.9. The number of hydrogen-bond acceptors (Lipinski definition) is 4. The highest BCUT2D eigenvalue weighted by molar-refractivity contribution is 5.88. The summed E-state index contributed by atoms with van der Waals surface area (Å²) in [6.07, 6.45) is 2.14. The molecule has 0 aliphatic carbocycles. The Bertz CT molecular complexity index is 681. The number of rotatable bonds is 4. The Kier molecular flexibility index (Phi) is 5.46. The molecule has 6 nitrogen and oxygen atoms in total. The molecule has 24 heavy (non-hydrogen) atoms. The molecule has 0 bridgehead atoms. The van der Waals surface area contributed by atoms with E-state index in [0.717, 1.165) is 0 Å². The van der Waals surface area contributed by atoms with Crippen LogP contribution in [0.1, 0.15) is 38.3 Å². The normalized spacial score (nSPS) is 12.5. The quantitative estimate of drug-likeness (QED) is 0.803. The third-order valence-electron chi connectivity index (χ3n) is 3.29. The first-order valence-corrected chi connectivity index (χ1v) is 7.56. The highest BCUT2D eigenvalue weighted by Gasteiger charge is 2.17. The van der Waals surface area contributed by atoms with Crippen molar-refractivity contribution in [3.8, 4) is 0 Å². The van der Waals surface area contributed by atoms with E-state index < -0.39 is 12.1 Å². The van der Waals surface area contributed by atoms with Crippen molar-refractivity contribution >= 4 is 11.7 Å². The van der Waals surface area contributed by atoms with Gasteiger partial charge < -0.3 is 15.7 Å². The van der Waals surface area contributed by atoms with E-state index in [1.165, 1.54) is 36.7 Å². The predicted octanol–water partition coefficient (Wildman–Crippen LogP) is 2.77. The molecule has 0 aliphatic heterocycles. The van der Waals surface area contributed by atoms with Crippen LogP contribution in [0.4, 0.5) is 14.9 Å². The lowest BCUT2D eigenvalue weighted by atomic mass is 9.96. The molecule has 0 saturated heterocycles. The number of carbonyl (C=O) groups excluding carboxylic acids is 1. The minimum atomic E-state index is -0.920. The van der Waals surface area contributed by atoms with Gasteiger partial charge in [0.1, 0.15) is 11.6 Å². The molecule has 2 rings (SSSR count). The van der Waals surface area contributed by atoms with E-state index in [4.69, 9.17) is 0 Å². The van der Waals surface area contributed by atoms with Crippen LogP contribution in [-0.4, -0.2) is 27.7 Å². The number of aliphatic hydroxyl groups is 1. The molecule has 0 unspecified atom stereocenters. The number of benzene rings is 1. The zero-order chi connectivity index (χ0) is 17.7. The van der Waals surface area contributed by atoms with Gasteiger partial charge in [-0.25, -0.2) is 19.2 Å². The van der Waals surface area contributed by atoms with E-state index in [2.05, 4.69) is 20.6 Å². The molecule has 0 spiro atoms. The summed E-state index contributed by atoms with van der Waals surface area (Å²) in [5.41, 5.74) is 0.811. The van der Waals surface area contributed by atoms with E-state index in [-0.39, 0.29) is 17.8 Å². The van der Waals surface area contributed by atoms with Gasteiger partial charge in [-0.15, -0.1) is 0 Å². The average Bonchev–Trinajstić information content (AvgIpc) is 2.53. The van der Waals surface area contributed by atoms with Crippen LogP contribution in [0, 0.1) is 5.82 Å². The smallest absolute Gasteiger partial charge is 0.319 e. The van der Waals surface area contributed by atoms with Gasteiger partial charge >= 0.3 is 6.03 Å². The summed E-state index contributed by atoms with van der Waals surface area (Å²) in [6.45, 7) is 6.00. The fourth-order valence-electron chi connectivity index (χ4n) is 1.95. The standard InChI is InChI=1S/C17H21FN4O2/c1-17(2,3)15-19-8-13(9-20-15)22-16(24)21-10-14(23)11-4-6-12(18)7-5-11/h4-9,14,23H,10H2,1-3H3,(H2,21,22,24)/t14-/m1/s1. The van der Waals surface area contributed by atoms with Crippen LogP contribution in [0.5, 0.6) is 0 Å². The molecular weight excluding hydrogens is 311 g/mol. The van der Waals surface area contributed by atoms with E-state index in [0.29, 0.717) is 17.1 Å². The summed E-state index contributed by atoms with van der Waals surface area (Å²) in [7, 11) is 0. The number of nitrogens with zero attached hydrogens (tertiary/aromatic N) is 2. The third kappa shape index (κ3) is 4.99. The van der Waals surface area contributed by atoms with Gasteiger partial charge in [0.2, 0.25) is 0 Å². The number of aromatic nitrogens is 2. The fraction of sp³-hybridized carbons (Fsp3) is 0.353. The first kappa shape index (κ1) is 17.8. The summed E-state index contributed by atoms with van der Waals surface area (Å²) >= 11 is 0. The highest BCUT2D eigenvalue weighted by Crippen LogP contribution is 2.18. The van der Waals surface area contributed by atoms with Gasteiger partial charge in [-0.3, -0.25) is 0 Å². The van der Waals surface area contributed by atoms with Crippen molar-refractivity contribution in [1.29, 1.82) is 0 Å². The highest BCUT2D eigenvalue weighted by atomic mass is 19.1. The summed E-state index contributed by atoms with van der Waals surface area (Å²) in [5.74, 6) is 0.301. The van der Waals surface area contributed by atoms with Gasteiger partial charge in [-0.1, -0.05) is 32.9 Å². The monoisotopic (exact) mass is 332 g/mol. The number of urea groups is 1. The molecule has 0 radical (unpaired) electrons. The summed E-state index contributed by atoms with van der Waals surface area (Å²) < 4.78 is 12.8. The summed E-state index contributed by atoms with van der Waals surface area (Å²) in [4.78, 5) is 20.3. The van der Waals surface area contributed by atoms with Crippen LogP contribution >= 0.6 is 0 Å². The zero-order valence-corrected chi connectivity index (χ0v) is 13.9. The van der Waals surface area contributed by atoms with Crippen molar-refractivity contribution < 1.29 is 14.3 Å². The molecule has 0 saturated carbocycles. The fourth-order valence-corrected chi connectivity index (χ4v) is 1.95. The van der Waals surface area contributed by atoms with Crippen LogP contribution in [0.3, 0.4) is 0 Å². The van der Waals surface area contributed by atoms with E-state index in [1.807, 2.05) is 20.8 Å². The van der Waals surface area contributed by atoms with E-state index in [1.54, 1.807) is 0 Å². The lowest BCUT2D eigenvalue weighted by Crippen LogP contribution is -2.32. The number of carbonyl (C=O) groups is 1. The molecule has 1 heterocycles. The summed E-state index contributed by atoms with van der Waals surface area (Å²) in [5, 5.41) is 15.1. The maximum Gasteiger partial charge on any atom is 0.319 e. The van der Waals surface area contributed by atoms with Gasteiger partial charge in [0.05, 0.1) is 24.2 Å². The minimum absolute atomic E-state index is 0.00159. The van der Waals surface area contributed by atoms with Gasteiger partial charge in [-0.2, -0.15) is 0 Å². The molecule has 7 heteroatoms. The maximum absolute atomic E-state index is 12.8. The van der Waals surface area contributed by atoms with Crippen LogP contribution in [0.25, 0.3) is 0 Å². The number of halogens is 1. The van der Waals surface area contributed by atoms with Gasteiger partial charge in [0, 0.05) is 12.0 Å². The van der Waals surface area contributed by atoms with Crippen molar-refractivity contribution in [3.05, 3.63) is 53.9 Å². The molecule has 0 fully saturated rings. The molecule has 1 aromatic carbocycles. The second kappa shape index (κ2) is 7.35. The second-order valence-corrected chi connectivity index (χ2v) is 6.45. The van der Waals surface area contributed by atoms with Crippen LogP contribution in [0.15, 0.2) is 36.7 Å². The number of aliphatic hydroxyl groups excluding tert-OH is 1. The number of hydrogen-bond donors (Lipinski definition) is 3. The Balaban J connectivity index is 1.86. The van der Waals surface area contributed by atoms with Crippen LogP contribution < -0.4 is 10.6 Å². The van der Waals surface area contributed by atoms with E-state index >= 15 is 0 Å². The number of amides is 2. The lowest BCUT2D eigenvalue weighted by molar-refractivity contribution is 0.175. The average molecular weight is 332 g/mol. The van der Waals surface area contributed by atoms with Crippen LogP contribution in [0.2, 0.25) is 0 Å². The molecule has 1 aromatic heterocycles. The first-order chi connectivity index (χ1) is 11.3. The van der Waals surface area contributed by atoms with Gasteiger partial charge in [0.25, 0.3) is 0 Å². The molecule has 1 atom stereocenters. The van der Waals surface area contributed by atoms with Crippen molar-refractivity contribution in [2.24, 2.45) is 0 Å². The lowest BCUT2D eigenvalue weighted by Gasteiger charge is -2.16. The molecule has 3 N–H and O–H groups in total. The molecule has 2 aromatic rings. The molecule has 128 valence electrons. The third-order valence-corrected chi connectivity index (χ3v) is 3.29. The molecule has 0 aliphatic rings. The number of anilines is 1. The Hall–Kier alpha value is -2.54. The van der Waals surface area contributed by atoms with Crippen molar-refractivity contribution in [2.75, 3.05) is 11.9 Å². The second-order valence-electron chi connectivity index (χ2n) is 6.45. The minimum Gasteiger partial charge on any atom is -0.387 e. The van der Waals surface area contributed by atoms with Crippen molar-refractivity contribution in [2.45, 2.75) is 32.3 Å². The Morgan fingerprint density at radius 3 is 2.33 bits per heavy atom. The van der Waals surface area contributed by atoms with Crippen molar-refractivity contribution in [3.63, 3.8) is 0 Å². The Morgan fingerprint density at radius 2 is 1.79 bits per heavy atom. The first-order valence-electron chi connectivity index (χ1n) is 7.56. The SMILES string of the molecule is CC(C)(C)c1ncc(NC(=O)NC[C@@H](O)c2ccc(F)cc2)cn1. The molecule has 2 amide bonds. The van der Waals surface area contributed by atoms with Crippen molar-refractivity contribution in [1.82, 2.24) is 15.3 Å². The topological polar surface area (TPSA) is 87.1 Å². The Labute approximate surface area is 140 Å².